The van der Waals surface area contributed by atoms with Gasteiger partial charge in [-0.05, 0) is 32.1 Å². The van der Waals surface area contributed by atoms with Crippen molar-refractivity contribution in [1.82, 2.24) is 14.9 Å². The summed E-state index contributed by atoms with van der Waals surface area (Å²) in [4.78, 5) is 13.3. The average Bonchev–Trinajstić information content (AvgIpc) is 2.42. The number of likely N-dealkylation sites (N-methyl/N-ethyl adjacent to an activating group) is 1. The Kier molecular flexibility index (Phi) is 4.96. The zero-order valence-electron chi connectivity index (χ0n) is 13.4. The van der Waals surface area contributed by atoms with E-state index in [1.807, 2.05) is 18.2 Å². The number of nitrogens with zero attached hydrogens (tertiary/aromatic N) is 4. The first-order valence-corrected chi connectivity index (χ1v) is 7.39. The normalized spacial score (nSPS) is 11.5. The summed E-state index contributed by atoms with van der Waals surface area (Å²) >= 11 is 0. The van der Waals surface area contributed by atoms with Gasteiger partial charge in [0.1, 0.15) is 5.82 Å². The van der Waals surface area contributed by atoms with E-state index in [2.05, 4.69) is 53.8 Å². The number of nitrogens with two attached hydrogens (primary N) is 1. The van der Waals surface area contributed by atoms with E-state index in [9.17, 15) is 0 Å². The van der Waals surface area contributed by atoms with Gasteiger partial charge in [0.2, 0.25) is 5.95 Å². The molecule has 0 spiro atoms. The van der Waals surface area contributed by atoms with E-state index < -0.39 is 0 Å². The highest BCUT2D eigenvalue weighted by atomic mass is 15.2. The molecule has 0 bridgehead atoms. The molecule has 2 rings (SSSR count). The summed E-state index contributed by atoms with van der Waals surface area (Å²) in [5.41, 5.74) is 6.79. The minimum Gasteiger partial charge on any atom is -0.368 e. The van der Waals surface area contributed by atoms with E-state index >= 15 is 0 Å². The monoisotopic (exact) mass is 287 g/mol. The van der Waals surface area contributed by atoms with Gasteiger partial charge >= 0.3 is 0 Å². The molecule has 5 heteroatoms. The van der Waals surface area contributed by atoms with Crippen LogP contribution in [0.2, 0.25) is 0 Å². The highest BCUT2D eigenvalue weighted by molar-refractivity contribution is 5.90. The predicted octanol–water partition coefficient (Wildman–Crippen LogP) is 2.24. The van der Waals surface area contributed by atoms with Crippen molar-refractivity contribution in [2.75, 3.05) is 44.4 Å². The van der Waals surface area contributed by atoms with E-state index in [-0.39, 0.29) is 0 Å². The fraction of sp³-hybridized carbons (Fsp3) is 0.500. The minimum absolute atomic E-state index is 0.335. The first-order valence-electron chi connectivity index (χ1n) is 7.39. The molecule has 0 unspecified atom stereocenters. The molecule has 0 atom stereocenters. The van der Waals surface area contributed by atoms with E-state index in [4.69, 9.17) is 5.73 Å². The van der Waals surface area contributed by atoms with Crippen LogP contribution in [0.15, 0.2) is 24.3 Å². The summed E-state index contributed by atoms with van der Waals surface area (Å²) in [7, 11) is 4.17. The maximum Gasteiger partial charge on any atom is 0.222 e. The Morgan fingerprint density at radius 2 is 1.81 bits per heavy atom. The Balaban J connectivity index is 2.42. The first kappa shape index (κ1) is 15.5. The van der Waals surface area contributed by atoms with Gasteiger partial charge in [0.25, 0.3) is 0 Å². The number of nitrogen functional groups attached to an aromatic ring is 1. The van der Waals surface area contributed by atoms with Gasteiger partial charge in [-0.2, -0.15) is 4.98 Å². The van der Waals surface area contributed by atoms with Gasteiger partial charge in [0.05, 0.1) is 5.52 Å². The van der Waals surface area contributed by atoms with Crippen LogP contribution in [0.5, 0.6) is 0 Å². The van der Waals surface area contributed by atoms with Crippen LogP contribution in [-0.4, -0.2) is 48.6 Å². The third-order valence-corrected chi connectivity index (χ3v) is 3.30. The number of fused-ring (bicyclic) bond motifs is 1. The van der Waals surface area contributed by atoms with Crippen LogP contribution in [0.4, 0.5) is 11.8 Å². The number of rotatable bonds is 6. The largest absolute Gasteiger partial charge is 0.368 e. The molecule has 2 aromatic rings. The van der Waals surface area contributed by atoms with Crippen molar-refractivity contribution in [2.45, 2.75) is 13.8 Å². The number of para-hydroxylation sites is 1. The molecule has 21 heavy (non-hydrogen) atoms. The number of benzene rings is 1. The molecular formula is C16H25N5. The second-order valence-corrected chi connectivity index (χ2v) is 6.07. The standard InChI is InChI=1S/C16H25N5/c1-12(2)11-21(10-9-20(3)4)15-13-7-5-6-8-14(13)18-16(17)19-15/h5-8,12H,9-11H2,1-4H3,(H2,17,18,19). The summed E-state index contributed by atoms with van der Waals surface area (Å²) in [6, 6.07) is 8.04. The number of aromatic nitrogens is 2. The molecule has 0 aliphatic carbocycles. The molecule has 0 saturated carbocycles. The molecule has 114 valence electrons. The molecule has 0 saturated heterocycles. The lowest BCUT2D eigenvalue weighted by molar-refractivity contribution is 0.408. The maximum atomic E-state index is 5.89. The van der Waals surface area contributed by atoms with E-state index in [1.54, 1.807) is 0 Å². The van der Waals surface area contributed by atoms with Crippen LogP contribution >= 0.6 is 0 Å². The average molecular weight is 287 g/mol. The molecule has 1 aromatic heterocycles. The van der Waals surface area contributed by atoms with Crippen molar-refractivity contribution in [2.24, 2.45) is 5.92 Å². The lowest BCUT2D eigenvalue weighted by Gasteiger charge is -2.28. The van der Waals surface area contributed by atoms with Crippen molar-refractivity contribution >= 4 is 22.7 Å². The SMILES string of the molecule is CC(C)CN(CCN(C)C)c1nc(N)nc2ccccc12. The van der Waals surface area contributed by atoms with Crippen molar-refractivity contribution in [3.63, 3.8) is 0 Å². The van der Waals surface area contributed by atoms with E-state index in [0.717, 1.165) is 36.4 Å². The van der Waals surface area contributed by atoms with Crippen molar-refractivity contribution < 1.29 is 0 Å². The first-order chi connectivity index (χ1) is 9.97. The Morgan fingerprint density at radius 1 is 1.10 bits per heavy atom. The smallest absolute Gasteiger partial charge is 0.222 e. The number of hydrogen-bond acceptors (Lipinski definition) is 5. The topological polar surface area (TPSA) is 58.3 Å². The van der Waals surface area contributed by atoms with E-state index in [1.165, 1.54) is 0 Å². The Morgan fingerprint density at radius 3 is 2.48 bits per heavy atom. The van der Waals surface area contributed by atoms with Gasteiger partial charge in [-0.3, -0.25) is 0 Å². The van der Waals surface area contributed by atoms with Crippen LogP contribution in [0.1, 0.15) is 13.8 Å². The molecule has 0 aliphatic rings. The Bertz CT molecular complexity index is 594. The lowest BCUT2D eigenvalue weighted by atomic mass is 10.1. The van der Waals surface area contributed by atoms with Crippen LogP contribution in [0.3, 0.4) is 0 Å². The third-order valence-electron chi connectivity index (χ3n) is 3.30. The van der Waals surface area contributed by atoms with Crippen molar-refractivity contribution in [3.8, 4) is 0 Å². The Labute approximate surface area is 126 Å². The highest BCUT2D eigenvalue weighted by Crippen LogP contribution is 2.25. The fourth-order valence-corrected chi connectivity index (χ4v) is 2.36. The van der Waals surface area contributed by atoms with Crippen LogP contribution < -0.4 is 10.6 Å². The molecular weight excluding hydrogens is 262 g/mol. The zero-order chi connectivity index (χ0) is 15.4. The Hall–Kier alpha value is -1.88. The second kappa shape index (κ2) is 6.72. The number of hydrogen-bond donors (Lipinski definition) is 1. The molecule has 0 amide bonds. The summed E-state index contributed by atoms with van der Waals surface area (Å²) < 4.78 is 0. The van der Waals surface area contributed by atoms with Gasteiger partial charge < -0.3 is 15.5 Å². The van der Waals surface area contributed by atoms with Crippen molar-refractivity contribution in [3.05, 3.63) is 24.3 Å². The summed E-state index contributed by atoms with van der Waals surface area (Å²) in [5.74, 6) is 1.83. The van der Waals surface area contributed by atoms with Crippen LogP contribution in [0, 0.1) is 5.92 Å². The zero-order valence-corrected chi connectivity index (χ0v) is 13.4. The molecule has 1 aromatic carbocycles. The summed E-state index contributed by atoms with van der Waals surface area (Å²) in [6.45, 7) is 7.29. The molecule has 5 nitrogen and oxygen atoms in total. The summed E-state index contributed by atoms with van der Waals surface area (Å²) in [5, 5.41) is 1.06. The molecule has 0 radical (unpaired) electrons. The van der Waals surface area contributed by atoms with Gasteiger partial charge in [0, 0.05) is 25.0 Å². The maximum absolute atomic E-state index is 5.89. The highest BCUT2D eigenvalue weighted by Gasteiger charge is 2.15. The fourth-order valence-electron chi connectivity index (χ4n) is 2.36. The van der Waals surface area contributed by atoms with Gasteiger partial charge in [0.15, 0.2) is 0 Å². The molecule has 2 N–H and O–H groups in total. The molecule has 0 fully saturated rings. The third kappa shape index (κ3) is 4.04. The van der Waals surface area contributed by atoms with Gasteiger partial charge in [-0.25, -0.2) is 4.98 Å². The van der Waals surface area contributed by atoms with Gasteiger partial charge in [-0.15, -0.1) is 0 Å². The van der Waals surface area contributed by atoms with E-state index in [0.29, 0.717) is 11.9 Å². The van der Waals surface area contributed by atoms with Crippen LogP contribution in [0.25, 0.3) is 10.9 Å². The van der Waals surface area contributed by atoms with Crippen LogP contribution in [-0.2, 0) is 0 Å². The minimum atomic E-state index is 0.335. The molecule has 1 heterocycles. The summed E-state index contributed by atoms with van der Waals surface area (Å²) in [6.07, 6.45) is 0. The quantitative estimate of drug-likeness (QED) is 0.883. The molecule has 0 aliphatic heterocycles. The number of anilines is 2. The lowest BCUT2D eigenvalue weighted by Crippen LogP contribution is -2.35. The van der Waals surface area contributed by atoms with Crippen molar-refractivity contribution in [1.29, 1.82) is 0 Å². The second-order valence-electron chi connectivity index (χ2n) is 6.07. The van der Waals surface area contributed by atoms with Gasteiger partial charge in [-0.1, -0.05) is 26.0 Å². The predicted molar refractivity (Wildman–Crippen MR) is 89.6 cm³/mol.